The van der Waals surface area contributed by atoms with E-state index >= 15 is 0 Å². The summed E-state index contributed by atoms with van der Waals surface area (Å²) < 4.78 is 5.91. The van der Waals surface area contributed by atoms with Crippen LogP contribution in [-0.2, 0) is 0 Å². The first-order chi connectivity index (χ1) is 9.10. The summed E-state index contributed by atoms with van der Waals surface area (Å²) in [5, 5.41) is 2.80. The molecule has 98 valence electrons. The number of carbonyl (C=O) groups is 1. The number of nitrogens with two attached hydrogens (primary N) is 1. The van der Waals surface area contributed by atoms with E-state index < -0.39 is 0 Å². The highest BCUT2D eigenvalue weighted by Crippen LogP contribution is 2.27. The molecule has 0 aliphatic heterocycles. The van der Waals surface area contributed by atoms with Gasteiger partial charge in [0, 0.05) is 16.9 Å². The molecule has 0 saturated carbocycles. The molecular formula is C14H13BrN2O2. The third kappa shape index (κ3) is 3.26. The Bertz CT molecular complexity index is 597. The van der Waals surface area contributed by atoms with Crippen molar-refractivity contribution < 1.29 is 9.53 Å². The van der Waals surface area contributed by atoms with Gasteiger partial charge < -0.3 is 15.8 Å². The highest BCUT2D eigenvalue weighted by Gasteiger charge is 2.07. The Labute approximate surface area is 119 Å². The molecule has 0 unspecified atom stereocenters. The zero-order valence-corrected chi connectivity index (χ0v) is 11.9. The summed E-state index contributed by atoms with van der Waals surface area (Å²) >= 11 is 3.37. The van der Waals surface area contributed by atoms with Crippen LogP contribution in [0.1, 0.15) is 10.4 Å². The van der Waals surface area contributed by atoms with Crippen molar-refractivity contribution in [3.05, 3.63) is 52.5 Å². The second kappa shape index (κ2) is 5.75. The molecule has 0 aliphatic rings. The standard InChI is InChI=1S/C14H13BrN2O2/c1-19-13-7-6-11(8-12(13)15)17-14(18)9-2-4-10(16)5-3-9/h2-8H,16H2,1H3,(H,17,18). The number of benzene rings is 2. The highest BCUT2D eigenvalue weighted by atomic mass is 79.9. The van der Waals surface area contributed by atoms with E-state index in [0.29, 0.717) is 22.7 Å². The number of anilines is 2. The van der Waals surface area contributed by atoms with Crippen LogP contribution in [0.25, 0.3) is 0 Å². The molecule has 1 amide bonds. The van der Waals surface area contributed by atoms with Crippen LogP contribution in [0.2, 0.25) is 0 Å². The summed E-state index contributed by atoms with van der Waals surface area (Å²) in [6.07, 6.45) is 0. The van der Waals surface area contributed by atoms with Gasteiger partial charge in [0.25, 0.3) is 5.91 Å². The van der Waals surface area contributed by atoms with Gasteiger partial charge in [-0.05, 0) is 58.4 Å². The average molecular weight is 321 g/mol. The summed E-state index contributed by atoms with van der Waals surface area (Å²) in [4.78, 5) is 12.0. The predicted octanol–water partition coefficient (Wildman–Crippen LogP) is 3.29. The van der Waals surface area contributed by atoms with E-state index in [9.17, 15) is 4.79 Å². The summed E-state index contributed by atoms with van der Waals surface area (Å²) in [7, 11) is 1.59. The van der Waals surface area contributed by atoms with Crippen molar-refractivity contribution in [2.45, 2.75) is 0 Å². The maximum atomic E-state index is 12.0. The quantitative estimate of drug-likeness (QED) is 0.853. The summed E-state index contributed by atoms with van der Waals surface area (Å²) in [5.41, 5.74) is 7.45. The molecule has 0 aromatic heterocycles. The minimum Gasteiger partial charge on any atom is -0.496 e. The third-order valence-electron chi connectivity index (χ3n) is 2.58. The van der Waals surface area contributed by atoms with E-state index in [-0.39, 0.29) is 5.91 Å². The molecule has 0 saturated heterocycles. The van der Waals surface area contributed by atoms with Crippen molar-refractivity contribution >= 4 is 33.2 Å². The van der Waals surface area contributed by atoms with Gasteiger partial charge in [-0.15, -0.1) is 0 Å². The largest absolute Gasteiger partial charge is 0.496 e. The van der Waals surface area contributed by atoms with Gasteiger partial charge in [0.05, 0.1) is 11.6 Å². The molecular weight excluding hydrogens is 308 g/mol. The van der Waals surface area contributed by atoms with Crippen LogP contribution in [0.5, 0.6) is 5.75 Å². The van der Waals surface area contributed by atoms with Crippen molar-refractivity contribution in [3.8, 4) is 5.75 Å². The van der Waals surface area contributed by atoms with Gasteiger partial charge in [-0.2, -0.15) is 0 Å². The summed E-state index contributed by atoms with van der Waals surface area (Å²) in [5.74, 6) is 0.530. The maximum Gasteiger partial charge on any atom is 0.255 e. The van der Waals surface area contributed by atoms with Crippen LogP contribution in [0.15, 0.2) is 46.9 Å². The number of ether oxygens (including phenoxy) is 1. The molecule has 3 N–H and O–H groups in total. The molecule has 2 aromatic carbocycles. The molecule has 19 heavy (non-hydrogen) atoms. The number of amides is 1. The van der Waals surface area contributed by atoms with Gasteiger partial charge >= 0.3 is 0 Å². The van der Waals surface area contributed by atoms with E-state index in [4.69, 9.17) is 10.5 Å². The van der Waals surface area contributed by atoms with E-state index in [1.165, 1.54) is 0 Å². The molecule has 2 rings (SSSR count). The van der Waals surface area contributed by atoms with E-state index in [1.54, 1.807) is 49.6 Å². The monoisotopic (exact) mass is 320 g/mol. The number of methoxy groups -OCH3 is 1. The molecule has 0 heterocycles. The first-order valence-corrected chi connectivity index (χ1v) is 6.40. The van der Waals surface area contributed by atoms with E-state index in [1.807, 2.05) is 0 Å². The lowest BCUT2D eigenvalue weighted by atomic mass is 10.2. The van der Waals surface area contributed by atoms with Gasteiger partial charge in [-0.1, -0.05) is 0 Å². The zero-order valence-electron chi connectivity index (χ0n) is 10.3. The number of hydrogen-bond donors (Lipinski definition) is 2. The number of carbonyl (C=O) groups excluding carboxylic acids is 1. The lowest BCUT2D eigenvalue weighted by molar-refractivity contribution is 0.102. The topological polar surface area (TPSA) is 64.3 Å². The van der Waals surface area contributed by atoms with Gasteiger partial charge in [0.1, 0.15) is 5.75 Å². The molecule has 2 aromatic rings. The molecule has 0 aliphatic carbocycles. The van der Waals surface area contributed by atoms with E-state index in [2.05, 4.69) is 21.2 Å². The first kappa shape index (κ1) is 13.4. The van der Waals surface area contributed by atoms with Crippen LogP contribution in [0, 0.1) is 0 Å². The smallest absolute Gasteiger partial charge is 0.255 e. The van der Waals surface area contributed by atoms with Crippen LogP contribution >= 0.6 is 15.9 Å². The second-order valence-corrected chi connectivity index (χ2v) is 4.78. The fourth-order valence-corrected chi connectivity index (χ4v) is 2.12. The van der Waals surface area contributed by atoms with Crippen LogP contribution in [0.3, 0.4) is 0 Å². The van der Waals surface area contributed by atoms with Crippen molar-refractivity contribution in [2.75, 3.05) is 18.2 Å². The Morgan fingerprint density at radius 1 is 1.21 bits per heavy atom. The van der Waals surface area contributed by atoms with Gasteiger partial charge in [-0.3, -0.25) is 4.79 Å². The lowest BCUT2D eigenvalue weighted by Gasteiger charge is -2.08. The third-order valence-corrected chi connectivity index (χ3v) is 3.20. The van der Waals surface area contributed by atoms with Gasteiger partial charge in [-0.25, -0.2) is 0 Å². The first-order valence-electron chi connectivity index (χ1n) is 5.60. The minimum atomic E-state index is -0.183. The molecule has 0 fully saturated rings. The number of nitrogen functional groups attached to an aromatic ring is 1. The Balaban J connectivity index is 2.14. The van der Waals surface area contributed by atoms with Gasteiger partial charge in [0.15, 0.2) is 0 Å². The SMILES string of the molecule is COc1ccc(NC(=O)c2ccc(N)cc2)cc1Br. The average Bonchev–Trinajstić information content (AvgIpc) is 2.39. The predicted molar refractivity (Wildman–Crippen MR) is 79.5 cm³/mol. The molecule has 5 heteroatoms. The number of hydrogen-bond acceptors (Lipinski definition) is 3. The molecule has 0 atom stereocenters. The van der Waals surface area contributed by atoms with Crippen molar-refractivity contribution in [2.24, 2.45) is 0 Å². The van der Waals surface area contributed by atoms with Gasteiger partial charge in [0.2, 0.25) is 0 Å². The molecule has 0 bridgehead atoms. The zero-order chi connectivity index (χ0) is 13.8. The van der Waals surface area contributed by atoms with Crippen molar-refractivity contribution in [1.82, 2.24) is 0 Å². The Morgan fingerprint density at radius 3 is 2.47 bits per heavy atom. The normalized spacial score (nSPS) is 10.0. The lowest BCUT2D eigenvalue weighted by Crippen LogP contribution is -2.11. The molecule has 0 spiro atoms. The Hall–Kier alpha value is -2.01. The molecule has 0 radical (unpaired) electrons. The summed E-state index contributed by atoms with van der Waals surface area (Å²) in [6, 6.07) is 12.1. The number of halogens is 1. The fraction of sp³-hybridized carbons (Fsp3) is 0.0714. The Kier molecular flexibility index (Phi) is 4.06. The molecule has 4 nitrogen and oxygen atoms in total. The van der Waals surface area contributed by atoms with Crippen molar-refractivity contribution in [3.63, 3.8) is 0 Å². The highest BCUT2D eigenvalue weighted by molar-refractivity contribution is 9.10. The maximum absolute atomic E-state index is 12.0. The fourth-order valence-electron chi connectivity index (χ4n) is 1.58. The van der Waals surface area contributed by atoms with Crippen LogP contribution in [0.4, 0.5) is 11.4 Å². The van der Waals surface area contributed by atoms with Crippen LogP contribution in [-0.4, -0.2) is 13.0 Å². The van der Waals surface area contributed by atoms with E-state index in [0.717, 1.165) is 4.47 Å². The summed E-state index contributed by atoms with van der Waals surface area (Å²) in [6.45, 7) is 0. The van der Waals surface area contributed by atoms with Crippen molar-refractivity contribution in [1.29, 1.82) is 0 Å². The minimum absolute atomic E-state index is 0.183. The second-order valence-electron chi connectivity index (χ2n) is 3.93. The number of rotatable bonds is 3. The van der Waals surface area contributed by atoms with Crippen LogP contribution < -0.4 is 15.8 Å². The number of nitrogens with one attached hydrogen (secondary N) is 1. The Morgan fingerprint density at radius 2 is 1.89 bits per heavy atom.